The second-order valence-corrected chi connectivity index (χ2v) is 18.4. The fraction of sp³-hybridized carbons (Fsp3) is 0.0625. The maximum atomic E-state index is 6.54. The highest BCUT2D eigenvalue weighted by atomic mass is 16.3. The van der Waals surface area contributed by atoms with Crippen molar-refractivity contribution >= 4 is 39.0 Å². The van der Waals surface area contributed by atoms with E-state index in [1.165, 1.54) is 66.8 Å². The van der Waals surface area contributed by atoms with Crippen molar-refractivity contribution in [2.75, 3.05) is 4.90 Å². The Morgan fingerprint density at radius 3 is 1.68 bits per heavy atom. The van der Waals surface area contributed by atoms with Gasteiger partial charge in [-0.15, -0.1) is 0 Å². The summed E-state index contributed by atoms with van der Waals surface area (Å²) in [5, 5.41) is 2.26. The number of para-hydroxylation sites is 2. The van der Waals surface area contributed by atoms with Gasteiger partial charge in [-0.1, -0.05) is 208 Å². The first-order valence-corrected chi connectivity index (χ1v) is 23.0. The van der Waals surface area contributed by atoms with Gasteiger partial charge in [0.05, 0.1) is 11.1 Å². The van der Waals surface area contributed by atoms with E-state index >= 15 is 0 Å². The van der Waals surface area contributed by atoms with Crippen LogP contribution in [0.3, 0.4) is 0 Å². The number of hydrogen-bond donors (Lipinski definition) is 0. The predicted molar refractivity (Wildman–Crippen MR) is 274 cm³/mol. The van der Waals surface area contributed by atoms with Crippen molar-refractivity contribution in [1.82, 2.24) is 0 Å². The molecule has 1 aromatic heterocycles. The number of hydrogen-bond acceptors (Lipinski definition) is 2. The molecular formula is C64H45NO. The van der Waals surface area contributed by atoms with Crippen LogP contribution in [0.2, 0.25) is 0 Å². The van der Waals surface area contributed by atoms with Crippen LogP contribution in [0.4, 0.5) is 17.1 Å². The van der Waals surface area contributed by atoms with Gasteiger partial charge in [0.1, 0.15) is 11.2 Å². The van der Waals surface area contributed by atoms with E-state index in [1.54, 1.807) is 0 Å². The van der Waals surface area contributed by atoms with Gasteiger partial charge in [-0.2, -0.15) is 0 Å². The van der Waals surface area contributed by atoms with E-state index in [1.807, 2.05) is 6.07 Å². The molecule has 2 nitrogen and oxygen atoms in total. The Balaban J connectivity index is 1.03. The van der Waals surface area contributed by atoms with E-state index in [0.717, 1.165) is 50.1 Å². The minimum absolute atomic E-state index is 0.229. The summed E-state index contributed by atoms with van der Waals surface area (Å²) in [6.07, 6.45) is 0. The summed E-state index contributed by atoms with van der Waals surface area (Å²) in [4.78, 5) is 2.50. The van der Waals surface area contributed by atoms with Crippen LogP contribution in [0.15, 0.2) is 241 Å². The molecule has 0 N–H and O–H groups in total. The third-order valence-electron chi connectivity index (χ3n) is 14.6. The molecule has 13 rings (SSSR count). The van der Waals surface area contributed by atoms with Crippen molar-refractivity contribution in [2.24, 2.45) is 0 Å². The second kappa shape index (κ2) is 14.7. The van der Waals surface area contributed by atoms with E-state index in [2.05, 4.69) is 249 Å². The van der Waals surface area contributed by atoms with Gasteiger partial charge in [-0.3, -0.25) is 0 Å². The highest BCUT2D eigenvalue weighted by molar-refractivity contribution is 6.09. The lowest BCUT2D eigenvalue weighted by atomic mass is 9.68. The highest BCUT2D eigenvalue weighted by Crippen LogP contribution is 2.60. The van der Waals surface area contributed by atoms with Crippen LogP contribution < -0.4 is 4.90 Å². The summed E-state index contributed by atoms with van der Waals surface area (Å²) >= 11 is 0. The van der Waals surface area contributed by atoms with Crippen LogP contribution in [0.1, 0.15) is 47.2 Å². The van der Waals surface area contributed by atoms with E-state index in [-0.39, 0.29) is 5.41 Å². The first-order valence-electron chi connectivity index (χ1n) is 23.0. The van der Waals surface area contributed by atoms with Gasteiger partial charge in [0.2, 0.25) is 0 Å². The minimum Gasteiger partial charge on any atom is -0.455 e. The predicted octanol–water partition coefficient (Wildman–Crippen LogP) is 17.1. The number of anilines is 3. The summed E-state index contributed by atoms with van der Waals surface area (Å²) < 4.78 is 6.54. The zero-order valence-corrected chi connectivity index (χ0v) is 36.9. The van der Waals surface area contributed by atoms with Crippen LogP contribution in [0.25, 0.3) is 66.4 Å². The van der Waals surface area contributed by atoms with E-state index in [0.29, 0.717) is 0 Å². The molecule has 2 aliphatic carbocycles. The number of nitrogens with zero attached hydrogens (tertiary/aromatic N) is 1. The van der Waals surface area contributed by atoms with Crippen molar-refractivity contribution in [1.29, 1.82) is 0 Å². The smallest absolute Gasteiger partial charge is 0.143 e. The molecule has 2 heteroatoms. The largest absolute Gasteiger partial charge is 0.455 e. The Labute approximate surface area is 385 Å². The number of furan rings is 1. The number of fused-ring (bicyclic) bond motifs is 9. The van der Waals surface area contributed by atoms with Crippen molar-refractivity contribution < 1.29 is 4.42 Å². The first kappa shape index (κ1) is 38.3. The van der Waals surface area contributed by atoms with Crippen molar-refractivity contribution in [3.8, 4) is 44.5 Å². The molecule has 0 radical (unpaired) electrons. The fourth-order valence-corrected chi connectivity index (χ4v) is 11.5. The van der Waals surface area contributed by atoms with Crippen LogP contribution in [0, 0.1) is 0 Å². The Kier molecular flexibility index (Phi) is 8.51. The van der Waals surface area contributed by atoms with Crippen molar-refractivity contribution in [3.05, 3.63) is 270 Å². The summed E-state index contributed by atoms with van der Waals surface area (Å²) in [6.45, 7) is 4.77. The molecule has 0 aliphatic heterocycles. The van der Waals surface area contributed by atoms with Crippen molar-refractivity contribution in [3.63, 3.8) is 0 Å². The topological polar surface area (TPSA) is 16.4 Å². The molecule has 0 saturated carbocycles. The average molecular weight is 844 g/mol. The maximum absolute atomic E-state index is 6.54. The monoisotopic (exact) mass is 843 g/mol. The maximum Gasteiger partial charge on any atom is 0.143 e. The van der Waals surface area contributed by atoms with E-state index in [9.17, 15) is 0 Å². The minimum atomic E-state index is -0.525. The molecule has 0 fully saturated rings. The quantitative estimate of drug-likeness (QED) is 0.159. The lowest BCUT2D eigenvalue weighted by Crippen LogP contribution is -2.28. The molecule has 0 spiro atoms. The molecule has 0 amide bonds. The lowest BCUT2D eigenvalue weighted by Gasteiger charge is -2.34. The molecule has 1 heterocycles. The molecule has 312 valence electrons. The molecular weight excluding hydrogens is 799 g/mol. The molecule has 66 heavy (non-hydrogen) atoms. The molecule has 2 aliphatic rings. The normalized spacial score (nSPS) is 13.8. The number of rotatable bonds is 7. The van der Waals surface area contributed by atoms with E-state index < -0.39 is 5.41 Å². The lowest BCUT2D eigenvalue weighted by molar-refractivity contribution is 0.660. The molecule has 0 saturated heterocycles. The Morgan fingerprint density at radius 1 is 0.364 bits per heavy atom. The summed E-state index contributed by atoms with van der Waals surface area (Å²) in [5.74, 6) is 0. The third kappa shape index (κ3) is 5.55. The standard InChI is InChI=1S/C64H45NO/c1-63(2)57-40-44(42-18-6-3-7-19-42)34-38-50(57)51-39-37-48(41-58(51)63)65(47-35-32-43(33-36-47)49-26-16-27-53-52-24-13-15-31-60(52)66-62(49)53)59-30-17-29-56-61(59)54-25-12-14-28-55(54)64(56,45-20-8-4-9-21-45)46-22-10-5-11-23-46/h3-41H,1-2H3. The van der Waals surface area contributed by atoms with Crippen molar-refractivity contribution in [2.45, 2.75) is 24.7 Å². The van der Waals surface area contributed by atoms with Crippen LogP contribution in [-0.2, 0) is 10.8 Å². The number of benzene rings is 10. The fourth-order valence-electron chi connectivity index (χ4n) is 11.5. The average Bonchev–Trinajstić information content (AvgIpc) is 3.99. The van der Waals surface area contributed by atoms with Crippen LogP contribution >= 0.6 is 0 Å². The summed E-state index contributed by atoms with van der Waals surface area (Å²) in [7, 11) is 0. The Bertz CT molecular complexity index is 3620. The van der Waals surface area contributed by atoms with E-state index in [4.69, 9.17) is 4.42 Å². The molecule has 0 atom stereocenters. The first-order chi connectivity index (χ1) is 32.5. The van der Waals surface area contributed by atoms with Crippen LogP contribution in [0.5, 0.6) is 0 Å². The van der Waals surface area contributed by atoms with Gasteiger partial charge in [0, 0.05) is 38.7 Å². The molecule has 11 aromatic rings. The van der Waals surface area contributed by atoms with Gasteiger partial charge < -0.3 is 9.32 Å². The van der Waals surface area contributed by atoms with Gasteiger partial charge in [-0.05, 0) is 109 Å². The Morgan fingerprint density at radius 2 is 0.924 bits per heavy atom. The molecule has 0 bridgehead atoms. The second-order valence-electron chi connectivity index (χ2n) is 18.4. The van der Waals surface area contributed by atoms with Gasteiger partial charge in [-0.25, -0.2) is 0 Å². The SMILES string of the molecule is CC1(C)c2cc(-c3ccccc3)ccc2-c2ccc(N(c3ccc(-c4cccc5c4oc4ccccc45)cc3)c3cccc4c3-c3ccccc3C4(c3ccccc3)c3ccccc3)cc21. The summed E-state index contributed by atoms with van der Waals surface area (Å²) in [6, 6.07) is 87.0. The zero-order chi connectivity index (χ0) is 44.0. The molecule has 10 aromatic carbocycles. The Hall–Kier alpha value is -8.20. The van der Waals surface area contributed by atoms with Crippen LogP contribution in [-0.4, -0.2) is 0 Å². The zero-order valence-electron chi connectivity index (χ0n) is 36.9. The van der Waals surface area contributed by atoms with Gasteiger partial charge >= 0.3 is 0 Å². The van der Waals surface area contributed by atoms with Gasteiger partial charge in [0.25, 0.3) is 0 Å². The summed E-state index contributed by atoms with van der Waals surface area (Å²) in [5.41, 5.74) is 21.9. The third-order valence-corrected chi connectivity index (χ3v) is 14.6. The highest BCUT2D eigenvalue weighted by Gasteiger charge is 2.47. The molecule has 0 unspecified atom stereocenters. The van der Waals surface area contributed by atoms with Gasteiger partial charge in [0.15, 0.2) is 0 Å².